The second kappa shape index (κ2) is 5.05. The summed E-state index contributed by atoms with van der Waals surface area (Å²) >= 11 is 0. The molecule has 16 heavy (non-hydrogen) atoms. The maximum absolute atomic E-state index is 11.6. The molecule has 0 aliphatic carbocycles. The monoisotopic (exact) mass is 221 g/mol. The van der Waals surface area contributed by atoms with Crippen LogP contribution in [0.25, 0.3) is 0 Å². The molecular weight excluding hydrogens is 202 g/mol. The van der Waals surface area contributed by atoms with Crippen LogP contribution in [-0.4, -0.2) is 22.6 Å². The molecule has 1 N–H and O–H groups in total. The number of amides is 1. The number of aryl methyl sites for hydroxylation is 1. The van der Waals surface area contributed by atoms with Crippen molar-refractivity contribution in [2.75, 3.05) is 6.54 Å². The van der Waals surface area contributed by atoms with Crippen molar-refractivity contribution < 1.29 is 4.79 Å². The summed E-state index contributed by atoms with van der Waals surface area (Å²) in [5, 5.41) is 10.5. The number of nitrogens with zero attached hydrogens (tertiary/aromatic N) is 2. The van der Waals surface area contributed by atoms with Gasteiger partial charge >= 0.3 is 0 Å². The Balaban J connectivity index is 2.44. The largest absolute Gasteiger partial charge is 0.351 e. The minimum Gasteiger partial charge on any atom is -0.351 e. The van der Waals surface area contributed by atoms with Crippen molar-refractivity contribution in [1.29, 1.82) is 0 Å². The van der Waals surface area contributed by atoms with Crippen LogP contribution in [0.5, 0.6) is 0 Å². The van der Waals surface area contributed by atoms with Gasteiger partial charge in [-0.1, -0.05) is 20.8 Å². The summed E-state index contributed by atoms with van der Waals surface area (Å²) in [6.45, 7) is 8.94. The molecule has 4 heteroatoms. The van der Waals surface area contributed by atoms with Gasteiger partial charge in [0, 0.05) is 6.54 Å². The van der Waals surface area contributed by atoms with E-state index in [2.05, 4.69) is 36.3 Å². The standard InChI is InChI=1S/C12H19N3O/c1-9-5-6-10(15-14-9)11(16)13-8-7-12(2,3)4/h5-6H,7-8H2,1-4H3,(H,13,16). The molecule has 0 aliphatic rings. The minimum atomic E-state index is -0.156. The lowest BCUT2D eigenvalue weighted by Crippen LogP contribution is -2.28. The minimum absolute atomic E-state index is 0.156. The van der Waals surface area contributed by atoms with Crippen LogP contribution in [-0.2, 0) is 0 Å². The fraction of sp³-hybridized carbons (Fsp3) is 0.583. The van der Waals surface area contributed by atoms with Crippen molar-refractivity contribution in [3.63, 3.8) is 0 Å². The molecule has 0 aliphatic heterocycles. The topological polar surface area (TPSA) is 54.9 Å². The molecule has 0 radical (unpaired) electrons. The smallest absolute Gasteiger partial charge is 0.271 e. The van der Waals surface area contributed by atoms with Crippen molar-refractivity contribution in [3.05, 3.63) is 23.5 Å². The summed E-state index contributed by atoms with van der Waals surface area (Å²) in [4.78, 5) is 11.6. The Morgan fingerprint density at radius 2 is 2.00 bits per heavy atom. The summed E-state index contributed by atoms with van der Waals surface area (Å²) in [6.07, 6.45) is 0.942. The lowest BCUT2D eigenvalue weighted by atomic mass is 9.92. The molecule has 1 aromatic rings. The summed E-state index contributed by atoms with van der Waals surface area (Å²) in [5.74, 6) is -0.156. The number of carbonyl (C=O) groups excluding carboxylic acids is 1. The van der Waals surface area contributed by atoms with Gasteiger partial charge in [-0.3, -0.25) is 4.79 Å². The summed E-state index contributed by atoms with van der Waals surface area (Å²) in [7, 11) is 0. The maximum Gasteiger partial charge on any atom is 0.271 e. The number of carbonyl (C=O) groups is 1. The van der Waals surface area contributed by atoms with Gasteiger partial charge in [-0.2, -0.15) is 5.10 Å². The summed E-state index contributed by atoms with van der Waals surface area (Å²) in [5.41, 5.74) is 1.41. The quantitative estimate of drug-likeness (QED) is 0.848. The van der Waals surface area contributed by atoms with E-state index in [0.717, 1.165) is 12.1 Å². The van der Waals surface area contributed by atoms with Gasteiger partial charge in [0.05, 0.1) is 5.69 Å². The molecule has 0 atom stereocenters. The average molecular weight is 221 g/mol. The van der Waals surface area contributed by atoms with Crippen molar-refractivity contribution in [3.8, 4) is 0 Å². The highest BCUT2D eigenvalue weighted by atomic mass is 16.1. The third kappa shape index (κ3) is 4.38. The molecule has 1 heterocycles. The zero-order valence-corrected chi connectivity index (χ0v) is 10.4. The number of aromatic nitrogens is 2. The van der Waals surface area contributed by atoms with Crippen LogP contribution in [0.15, 0.2) is 12.1 Å². The molecular formula is C12H19N3O. The van der Waals surface area contributed by atoms with Gasteiger partial charge in [0.25, 0.3) is 5.91 Å². The second-order valence-corrected chi connectivity index (χ2v) is 5.13. The van der Waals surface area contributed by atoms with Crippen LogP contribution in [0.2, 0.25) is 0 Å². The molecule has 4 nitrogen and oxygen atoms in total. The number of rotatable bonds is 3. The van der Waals surface area contributed by atoms with E-state index in [1.165, 1.54) is 0 Å². The Morgan fingerprint density at radius 3 is 2.50 bits per heavy atom. The fourth-order valence-corrected chi connectivity index (χ4v) is 1.16. The highest BCUT2D eigenvalue weighted by Gasteiger charge is 2.12. The first-order chi connectivity index (χ1) is 7.38. The maximum atomic E-state index is 11.6. The SMILES string of the molecule is Cc1ccc(C(=O)NCCC(C)(C)C)nn1. The Labute approximate surface area is 96.5 Å². The number of hydrogen-bond acceptors (Lipinski definition) is 3. The van der Waals surface area contributed by atoms with E-state index >= 15 is 0 Å². The van der Waals surface area contributed by atoms with Crippen LogP contribution in [0.1, 0.15) is 43.4 Å². The molecule has 1 aromatic heterocycles. The van der Waals surface area contributed by atoms with Gasteiger partial charge in [0.15, 0.2) is 5.69 Å². The van der Waals surface area contributed by atoms with Crippen LogP contribution in [0, 0.1) is 12.3 Å². The lowest BCUT2D eigenvalue weighted by Gasteiger charge is -2.17. The van der Waals surface area contributed by atoms with Crippen LogP contribution < -0.4 is 5.32 Å². The zero-order valence-electron chi connectivity index (χ0n) is 10.4. The fourth-order valence-electron chi connectivity index (χ4n) is 1.16. The van der Waals surface area contributed by atoms with E-state index in [9.17, 15) is 4.79 Å². The molecule has 0 saturated carbocycles. The van der Waals surface area contributed by atoms with E-state index < -0.39 is 0 Å². The summed E-state index contributed by atoms with van der Waals surface area (Å²) < 4.78 is 0. The first kappa shape index (κ1) is 12.6. The Hall–Kier alpha value is -1.45. The van der Waals surface area contributed by atoms with Crippen molar-refractivity contribution in [1.82, 2.24) is 15.5 Å². The van der Waals surface area contributed by atoms with Crippen LogP contribution >= 0.6 is 0 Å². The van der Waals surface area contributed by atoms with Crippen LogP contribution in [0.3, 0.4) is 0 Å². The molecule has 0 bridgehead atoms. The van der Waals surface area contributed by atoms with Crippen molar-refractivity contribution >= 4 is 5.91 Å². The zero-order chi connectivity index (χ0) is 12.2. The molecule has 88 valence electrons. The van der Waals surface area contributed by atoms with E-state index in [-0.39, 0.29) is 11.3 Å². The Kier molecular flexibility index (Phi) is 3.99. The summed E-state index contributed by atoms with van der Waals surface area (Å²) in [6, 6.07) is 3.47. The highest BCUT2D eigenvalue weighted by molar-refractivity contribution is 5.91. The first-order valence-electron chi connectivity index (χ1n) is 5.47. The third-order valence-electron chi connectivity index (χ3n) is 2.19. The molecule has 0 saturated heterocycles. The highest BCUT2D eigenvalue weighted by Crippen LogP contribution is 2.16. The van der Waals surface area contributed by atoms with Gasteiger partial charge in [-0.25, -0.2) is 0 Å². The Morgan fingerprint density at radius 1 is 1.31 bits per heavy atom. The van der Waals surface area contributed by atoms with E-state index in [4.69, 9.17) is 0 Å². The van der Waals surface area contributed by atoms with E-state index in [0.29, 0.717) is 12.2 Å². The average Bonchev–Trinajstić information content (AvgIpc) is 2.16. The number of nitrogens with one attached hydrogen (secondary N) is 1. The first-order valence-corrected chi connectivity index (χ1v) is 5.47. The van der Waals surface area contributed by atoms with Gasteiger partial charge in [-0.05, 0) is 30.9 Å². The Bertz CT molecular complexity index is 352. The van der Waals surface area contributed by atoms with Crippen LogP contribution in [0.4, 0.5) is 0 Å². The third-order valence-corrected chi connectivity index (χ3v) is 2.19. The number of hydrogen-bond donors (Lipinski definition) is 1. The predicted octanol–water partition coefficient (Wildman–Crippen LogP) is 1.95. The van der Waals surface area contributed by atoms with Crippen molar-refractivity contribution in [2.24, 2.45) is 5.41 Å². The normalized spacial score (nSPS) is 11.2. The molecule has 0 unspecified atom stereocenters. The van der Waals surface area contributed by atoms with E-state index in [1.807, 2.05) is 6.92 Å². The van der Waals surface area contributed by atoms with Gasteiger partial charge in [0.2, 0.25) is 0 Å². The predicted molar refractivity (Wildman–Crippen MR) is 63.2 cm³/mol. The molecule has 1 rings (SSSR count). The molecule has 0 fully saturated rings. The molecule has 0 aromatic carbocycles. The van der Waals surface area contributed by atoms with Gasteiger partial charge < -0.3 is 5.32 Å². The van der Waals surface area contributed by atoms with E-state index in [1.54, 1.807) is 12.1 Å². The van der Waals surface area contributed by atoms with Gasteiger partial charge in [0.1, 0.15) is 0 Å². The van der Waals surface area contributed by atoms with Gasteiger partial charge in [-0.15, -0.1) is 5.10 Å². The van der Waals surface area contributed by atoms with Crippen molar-refractivity contribution in [2.45, 2.75) is 34.1 Å². The molecule has 0 spiro atoms. The lowest BCUT2D eigenvalue weighted by molar-refractivity contribution is 0.0943. The molecule has 1 amide bonds. The second-order valence-electron chi connectivity index (χ2n) is 5.13.